The van der Waals surface area contributed by atoms with E-state index in [-0.39, 0.29) is 0 Å². The van der Waals surface area contributed by atoms with Gasteiger partial charge >= 0.3 is 6.09 Å². The van der Waals surface area contributed by atoms with E-state index in [1.807, 2.05) is 11.7 Å². The van der Waals surface area contributed by atoms with Crippen molar-refractivity contribution in [1.29, 1.82) is 0 Å². The molecular formula is C10H15N3O2. The molecule has 15 heavy (non-hydrogen) atoms. The van der Waals surface area contributed by atoms with Crippen LogP contribution in [0, 0.1) is 0 Å². The molecule has 0 saturated carbocycles. The number of carbonyl (C=O) groups is 1. The van der Waals surface area contributed by atoms with Gasteiger partial charge in [-0.15, -0.1) is 0 Å². The Bertz CT molecular complexity index is 398. The van der Waals surface area contributed by atoms with Crippen LogP contribution < -0.4 is 0 Å². The number of aryl methyl sites for hydroxylation is 1. The van der Waals surface area contributed by atoms with Gasteiger partial charge in [-0.1, -0.05) is 6.92 Å². The van der Waals surface area contributed by atoms with Gasteiger partial charge in [0.05, 0.1) is 12.2 Å². The molecule has 1 aromatic rings. The fourth-order valence-corrected chi connectivity index (χ4v) is 2.16. The van der Waals surface area contributed by atoms with Crippen LogP contribution in [-0.2, 0) is 26.4 Å². The zero-order chi connectivity index (χ0) is 11.0. The second-order valence-corrected chi connectivity index (χ2v) is 3.80. The van der Waals surface area contributed by atoms with Crippen molar-refractivity contribution in [3.05, 3.63) is 17.0 Å². The number of carboxylic acid groups (broad SMARTS) is 1. The highest BCUT2D eigenvalue weighted by Gasteiger charge is 2.25. The first-order valence-electron chi connectivity index (χ1n) is 5.15. The van der Waals surface area contributed by atoms with Gasteiger partial charge in [-0.3, -0.25) is 4.68 Å². The lowest BCUT2D eigenvalue weighted by atomic mass is 10.0. The number of rotatable bonds is 1. The van der Waals surface area contributed by atoms with E-state index in [9.17, 15) is 4.79 Å². The summed E-state index contributed by atoms with van der Waals surface area (Å²) in [4.78, 5) is 12.3. The molecule has 1 aromatic heterocycles. The Labute approximate surface area is 88.3 Å². The van der Waals surface area contributed by atoms with Crippen LogP contribution in [0.1, 0.15) is 23.9 Å². The molecule has 0 spiro atoms. The average molecular weight is 209 g/mol. The molecule has 5 nitrogen and oxygen atoms in total. The van der Waals surface area contributed by atoms with Crippen LogP contribution in [0.25, 0.3) is 0 Å². The van der Waals surface area contributed by atoms with Crippen molar-refractivity contribution >= 4 is 6.09 Å². The summed E-state index contributed by atoms with van der Waals surface area (Å²) in [6.45, 7) is 3.11. The van der Waals surface area contributed by atoms with Crippen molar-refractivity contribution in [1.82, 2.24) is 14.7 Å². The van der Waals surface area contributed by atoms with Crippen LogP contribution in [0.15, 0.2) is 0 Å². The minimum atomic E-state index is -0.841. The third kappa shape index (κ3) is 1.58. The fourth-order valence-electron chi connectivity index (χ4n) is 2.16. The summed E-state index contributed by atoms with van der Waals surface area (Å²) < 4.78 is 1.87. The summed E-state index contributed by atoms with van der Waals surface area (Å²) >= 11 is 0. The number of fused-ring (bicyclic) bond motifs is 1. The normalized spacial score (nSPS) is 15.2. The first kappa shape index (κ1) is 10.0. The minimum Gasteiger partial charge on any atom is -0.465 e. The van der Waals surface area contributed by atoms with Gasteiger partial charge in [-0.2, -0.15) is 5.10 Å². The summed E-state index contributed by atoms with van der Waals surface area (Å²) in [7, 11) is 1.92. The molecule has 0 aromatic carbocycles. The fraction of sp³-hybridized carbons (Fsp3) is 0.600. The van der Waals surface area contributed by atoms with Crippen LogP contribution in [0.2, 0.25) is 0 Å². The van der Waals surface area contributed by atoms with Gasteiger partial charge in [-0.05, 0) is 6.42 Å². The van der Waals surface area contributed by atoms with Crippen molar-refractivity contribution in [2.24, 2.45) is 7.05 Å². The van der Waals surface area contributed by atoms with E-state index >= 15 is 0 Å². The third-order valence-corrected chi connectivity index (χ3v) is 2.93. The van der Waals surface area contributed by atoms with Gasteiger partial charge in [0.1, 0.15) is 0 Å². The zero-order valence-corrected chi connectivity index (χ0v) is 9.03. The van der Waals surface area contributed by atoms with E-state index in [0.29, 0.717) is 13.1 Å². The van der Waals surface area contributed by atoms with Crippen LogP contribution in [0.3, 0.4) is 0 Å². The molecule has 1 aliphatic rings. The molecule has 2 rings (SSSR count). The largest absolute Gasteiger partial charge is 0.465 e. The summed E-state index contributed by atoms with van der Waals surface area (Å²) in [5.74, 6) is 0. The predicted molar refractivity (Wildman–Crippen MR) is 54.7 cm³/mol. The van der Waals surface area contributed by atoms with Gasteiger partial charge in [0.2, 0.25) is 0 Å². The van der Waals surface area contributed by atoms with Gasteiger partial charge in [0.15, 0.2) is 0 Å². The first-order chi connectivity index (χ1) is 7.13. The number of hydrogen-bond acceptors (Lipinski definition) is 2. The molecule has 82 valence electrons. The molecule has 0 aliphatic carbocycles. The molecule has 1 aliphatic heterocycles. The molecule has 0 bridgehead atoms. The van der Waals surface area contributed by atoms with Gasteiger partial charge < -0.3 is 10.0 Å². The second kappa shape index (κ2) is 3.56. The molecule has 0 atom stereocenters. The Morgan fingerprint density at radius 2 is 2.33 bits per heavy atom. The number of aromatic nitrogens is 2. The van der Waals surface area contributed by atoms with Gasteiger partial charge in [-0.25, -0.2) is 4.79 Å². The molecule has 1 amide bonds. The maximum atomic E-state index is 10.9. The number of amides is 1. The molecule has 0 radical (unpaired) electrons. The van der Waals surface area contributed by atoms with E-state index in [1.54, 1.807) is 0 Å². The van der Waals surface area contributed by atoms with Crippen LogP contribution >= 0.6 is 0 Å². The van der Waals surface area contributed by atoms with E-state index in [0.717, 1.165) is 29.8 Å². The zero-order valence-electron chi connectivity index (χ0n) is 9.03. The van der Waals surface area contributed by atoms with Gasteiger partial charge in [0.25, 0.3) is 0 Å². The first-order valence-corrected chi connectivity index (χ1v) is 5.15. The van der Waals surface area contributed by atoms with Crippen molar-refractivity contribution < 1.29 is 9.90 Å². The lowest BCUT2D eigenvalue weighted by molar-refractivity contribution is 0.139. The quantitative estimate of drug-likeness (QED) is 0.751. The Hall–Kier alpha value is -1.52. The molecule has 2 heterocycles. The summed E-state index contributed by atoms with van der Waals surface area (Å²) in [6.07, 6.45) is 0.786. The molecule has 1 N–H and O–H groups in total. The lowest BCUT2D eigenvalue weighted by Gasteiger charge is -2.23. The Morgan fingerprint density at radius 3 is 2.93 bits per heavy atom. The minimum absolute atomic E-state index is 0.488. The van der Waals surface area contributed by atoms with Crippen molar-refractivity contribution in [3.63, 3.8) is 0 Å². The standard InChI is InChI=1S/C10H15N3O2/c1-3-9-7-6-13(10(14)15)5-4-8(7)11-12(9)2/h3-6H2,1-2H3,(H,14,15). The topological polar surface area (TPSA) is 58.4 Å². The van der Waals surface area contributed by atoms with Crippen molar-refractivity contribution in [2.75, 3.05) is 6.54 Å². The lowest BCUT2D eigenvalue weighted by Crippen LogP contribution is -2.34. The highest BCUT2D eigenvalue weighted by molar-refractivity contribution is 5.65. The highest BCUT2D eigenvalue weighted by Crippen LogP contribution is 2.22. The SMILES string of the molecule is CCc1c2c(nn1C)CCN(C(=O)O)C2. The van der Waals surface area contributed by atoms with E-state index in [2.05, 4.69) is 12.0 Å². The van der Waals surface area contributed by atoms with E-state index < -0.39 is 6.09 Å². The van der Waals surface area contributed by atoms with E-state index in [1.165, 1.54) is 4.90 Å². The van der Waals surface area contributed by atoms with Gasteiger partial charge in [0, 0.05) is 31.3 Å². The van der Waals surface area contributed by atoms with Crippen LogP contribution in [-0.4, -0.2) is 32.4 Å². The number of hydrogen-bond donors (Lipinski definition) is 1. The Morgan fingerprint density at radius 1 is 1.60 bits per heavy atom. The molecule has 0 fully saturated rings. The highest BCUT2D eigenvalue weighted by atomic mass is 16.4. The maximum Gasteiger partial charge on any atom is 0.407 e. The molecule has 0 saturated heterocycles. The Balaban J connectivity index is 2.34. The summed E-state index contributed by atoms with van der Waals surface area (Å²) in [5, 5.41) is 13.3. The van der Waals surface area contributed by atoms with Crippen molar-refractivity contribution in [3.8, 4) is 0 Å². The third-order valence-electron chi connectivity index (χ3n) is 2.93. The van der Waals surface area contributed by atoms with Crippen molar-refractivity contribution in [2.45, 2.75) is 26.3 Å². The average Bonchev–Trinajstić information content (AvgIpc) is 2.51. The molecular weight excluding hydrogens is 194 g/mol. The number of nitrogens with zero attached hydrogens (tertiary/aromatic N) is 3. The summed E-state index contributed by atoms with van der Waals surface area (Å²) in [5.41, 5.74) is 3.32. The van der Waals surface area contributed by atoms with E-state index in [4.69, 9.17) is 5.11 Å². The predicted octanol–water partition coefficient (Wildman–Crippen LogP) is 1.02. The summed E-state index contributed by atoms with van der Waals surface area (Å²) in [6, 6.07) is 0. The Kier molecular flexibility index (Phi) is 2.38. The van der Waals surface area contributed by atoms with Crippen LogP contribution in [0.4, 0.5) is 4.79 Å². The molecule has 0 unspecified atom stereocenters. The monoisotopic (exact) mass is 209 g/mol. The van der Waals surface area contributed by atoms with Crippen LogP contribution in [0.5, 0.6) is 0 Å². The molecule has 5 heteroatoms. The smallest absolute Gasteiger partial charge is 0.407 e. The second-order valence-electron chi connectivity index (χ2n) is 3.80. The maximum absolute atomic E-state index is 10.9.